The van der Waals surface area contributed by atoms with Crippen LogP contribution in [0.2, 0.25) is 0 Å². The molecule has 0 unspecified atom stereocenters. The van der Waals surface area contributed by atoms with E-state index in [1.165, 1.54) is 0 Å². The molecule has 0 saturated heterocycles. The maximum absolute atomic E-state index is 11.3. The zero-order chi connectivity index (χ0) is 12.2. The van der Waals surface area contributed by atoms with E-state index in [0.717, 1.165) is 24.7 Å². The van der Waals surface area contributed by atoms with Crippen LogP contribution in [-0.2, 0) is 9.53 Å². The Morgan fingerprint density at radius 2 is 2.06 bits per heavy atom. The van der Waals surface area contributed by atoms with Gasteiger partial charge in [0.05, 0.1) is 13.2 Å². The number of nitrogens with one attached hydrogen (secondary N) is 1. The fourth-order valence-corrected chi connectivity index (χ4v) is 1.48. The first-order valence-electron chi connectivity index (χ1n) is 5.72. The van der Waals surface area contributed by atoms with Crippen molar-refractivity contribution in [2.75, 3.05) is 45.7 Å². The fraction of sp³-hybridized carbons (Fsp3) is 0.909. The molecule has 0 bridgehead atoms. The summed E-state index contributed by atoms with van der Waals surface area (Å²) in [5.41, 5.74) is 0. The first-order chi connectivity index (χ1) is 7.66. The number of halogens is 1. The molecule has 0 aromatic rings. The minimum Gasteiger partial charge on any atom is -0.378 e. The van der Waals surface area contributed by atoms with E-state index in [1.54, 1.807) is 0 Å². The largest absolute Gasteiger partial charge is 0.378 e. The van der Waals surface area contributed by atoms with Gasteiger partial charge in [-0.1, -0.05) is 15.9 Å². The van der Waals surface area contributed by atoms with Crippen LogP contribution in [0.1, 0.15) is 19.3 Å². The summed E-state index contributed by atoms with van der Waals surface area (Å²) in [6.07, 6.45) is 2.61. The summed E-state index contributed by atoms with van der Waals surface area (Å²) in [7, 11) is 4.02. The first-order valence-corrected chi connectivity index (χ1v) is 6.84. The van der Waals surface area contributed by atoms with E-state index in [1.807, 2.05) is 14.1 Å². The Balaban J connectivity index is 3.15. The monoisotopic (exact) mass is 294 g/mol. The number of hydrogen-bond acceptors (Lipinski definition) is 3. The van der Waals surface area contributed by atoms with Crippen LogP contribution in [0.5, 0.6) is 0 Å². The number of unbranched alkanes of at least 4 members (excludes halogenated alkanes) is 1. The Kier molecular flexibility index (Phi) is 11.3. The summed E-state index contributed by atoms with van der Waals surface area (Å²) in [4.78, 5) is 13.3. The normalized spacial score (nSPS) is 10.8. The molecule has 0 aliphatic carbocycles. The van der Waals surface area contributed by atoms with Crippen molar-refractivity contribution in [3.8, 4) is 0 Å². The predicted molar refractivity (Wildman–Crippen MR) is 70.0 cm³/mol. The van der Waals surface area contributed by atoms with Gasteiger partial charge in [-0.15, -0.1) is 0 Å². The molecule has 0 radical (unpaired) electrons. The van der Waals surface area contributed by atoms with Crippen LogP contribution < -0.4 is 5.32 Å². The molecule has 96 valence electrons. The highest BCUT2D eigenvalue weighted by Crippen LogP contribution is 1.97. The van der Waals surface area contributed by atoms with Crippen LogP contribution in [0, 0.1) is 0 Å². The van der Waals surface area contributed by atoms with E-state index in [-0.39, 0.29) is 5.91 Å². The molecule has 0 rings (SSSR count). The Morgan fingerprint density at radius 3 is 2.69 bits per heavy atom. The summed E-state index contributed by atoms with van der Waals surface area (Å²) in [6.45, 7) is 2.84. The number of likely N-dealkylation sites (N-methyl/N-ethyl adjacent to an activating group) is 1. The van der Waals surface area contributed by atoms with E-state index in [9.17, 15) is 4.79 Å². The second kappa shape index (κ2) is 11.4. The maximum Gasteiger partial charge on any atom is 0.220 e. The molecule has 1 N–H and O–H groups in total. The topological polar surface area (TPSA) is 41.6 Å². The molecule has 0 aliphatic rings. The zero-order valence-corrected chi connectivity index (χ0v) is 11.9. The first kappa shape index (κ1) is 15.9. The number of ether oxygens (including phenoxy) is 1. The van der Waals surface area contributed by atoms with Gasteiger partial charge in [0.25, 0.3) is 0 Å². The van der Waals surface area contributed by atoms with E-state index in [2.05, 4.69) is 26.1 Å². The van der Waals surface area contributed by atoms with Crippen molar-refractivity contribution in [3.63, 3.8) is 0 Å². The van der Waals surface area contributed by atoms with Crippen LogP contribution in [0.4, 0.5) is 0 Å². The fourth-order valence-electron chi connectivity index (χ4n) is 1.08. The van der Waals surface area contributed by atoms with Crippen molar-refractivity contribution in [1.82, 2.24) is 10.2 Å². The third-order valence-corrected chi connectivity index (χ3v) is 2.60. The summed E-state index contributed by atoms with van der Waals surface area (Å²) < 4.78 is 5.36. The highest BCUT2D eigenvalue weighted by Gasteiger charge is 1.99. The van der Waals surface area contributed by atoms with Crippen LogP contribution in [-0.4, -0.2) is 56.5 Å². The minimum absolute atomic E-state index is 0.122. The van der Waals surface area contributed by atoms with Gasteiger partial charge in [0.15, 0.2) is 0 Å². The van der Waals surface area contributed by atoms with Crippen molar-refractivity contribution in [2.45, 2.75) is 19.3 Å². The van der Waals surface area contributed by atoms with E-state index < -0.39 is 0 Å². The maximum atomic E-state index is 11.3. The van der Waals surface area contributed by atoms with E-state index in [0.29, 0.717) is 26.2 Å². The highest BCUT2D eigenvalue weighted by atomic mass is 79.9. The lowest BCUT2D eigenvalue weighted by molar-refractivity contribution is -0.121. The molecule has 0 saturated carbocycles. The molecule has 0 heterocycles. The van der Waals surface area contributed by atoms with E-state index in [4.69, 9.17) is 4.74 Å². The Hall–Kier alpha value is -0.130. The van der Waals surface area contributed by atoms with Crippen molar-refractivity contribution >= 4 is 21.8 Å². The number of rotatable bonds is 10. The lowest BCUT2D eigenvalue weighted by Crippen LogP contribution is -2.28. The molecule has 1 amide bonds. The van der Waals surface area contributed by atoms with Gasteiger partial charge in [-0.25, -0.2) is 0 Å². The molecule has 0 aromatic carbocycles. The summed E-state index contributed by atoms with van der Waals surface area (Å²) in [5.74, 6) is 0.122. The lowest BCUT2D eigenvalue weighted by atomic mass is 10.2. The number of hydrogen-bond donors (Lipinski definition) is 1. The van der Waals surface area contributed by atoms with Crippen molar-refractivity contribution in [2.24, 2.45) is 0 Å². The average Bonchev–Trinajstić information content (AvgIpc) is 2.23. The van der Waals surface area contributed by atoms with Gasteiger partial charge in [-0.2, -0.15) is 0 Å². The van der Waals surface area contributed by atoms with Crippen LogP contribution >= 0.6 is 15.9 Å². The quantitative estimate of drug-likeness (QED) is 0.487. The highest BCUT2D eigenvalue weighted by molar-refractivity contribution is 9.09. The lowest BCUT2D eigenvalue weighted by Gasteiger charge is -2.10. The number of carbonyl (C=O) groups excluding carboxylic acids is 1. The smallest absolute Gasteiger partial charge is 0.220 e. The average molecular weight is 295 g/mol. The molecule has 16 heavy (non-hydrogen) atoms. The number of alkyl halides is 1. The van der Waals surface area contributed by atoms with Gasteiger partial charge in [-0.05, 0) is 26.9 Å². The Morgan fingerprint density at radius 1 is 1.31 bits per heavy atom. The molecular formula is C11H23BrN2O2. The van der Waals surface area contributed by atoms with Gasteiger partial charge in [0, 0.05) is 24.8 Å². The molecule has 0 fully saturated rings. The summed E-state index contributed by atoms with van der Waals surface area (Å²) in [5, 5.41) is 3.80. The SMILES string of the molecule is CN(C)CCOCCNC(=O)CCCCBr. The molecule has 0 aromatic heterocycles. The van der Waals surface area contributed by atoms with Gasteiger partial charge in [0.1, 0.15) is 0 Å². The third-order valence-electron chi connectivity index (χ3n) is 2.04. The van der Waals surface area contributed by atoms with Gasteiger partial charge in [-0.3, -0.25) is 4.79 Å². The van der Waals surface area contributed by atoms with Gasteiger partial charge < -0.3 is 15.0 Å². The van der Waals surface area contributed by atoms with Crippen LogP contribution in [0.3, 0.4) is 0 Å². The number of nitrogens with zero attached hydrogens (tertiary/aromatic N) is 1. The summed E-state index contributed by atoms with van der Waals surface area (Å²) in [6, 6.07) is 0. The summed E-state index contributed by atoms with van der Waals surface area (Å²) >= 11 is 3.34. The molecule has 0 aliphatic heterocycles. The predicted octanol–water partition coefficient (Wildman–Crippen LogP) is 1.25. The second-order valence-electron chi connectivity index (χ2n) is 3.91. The van der Waals surface area contributed by atoms with Crippen molar-refractivity contribution in [1.29, 1.82) is 0 Å². The molecule has 0 spiro atoms. The minimum atomic E-state index is 0.122. The van der Waals surface area contributed by atoms with Gasteiger partial charge >= 0.3 is 0 Å². The number of amides is 1. The molecule has 5 heteroatoms. The Bertz CT molecular complexity index is 177. The van der Waals surface area contributed by atoms with Crippen molar-refractivity contribution < 1.29 is 9.53 Å². The van der Waals surface area contributed by atoms with Crippen molar-refractivity contribution in [3.05, 3.63) is 0 Å². The standard InChI is InChI=1S/C11H23BrN2O2/c1-14(2)8-10-16-9-7-13-11(15)5-3-4-6-12/h3-10H2,1-2H3,(H,13,15). The van der Waals surface area contributed by atoms with Crippen LogP contribution in [0.15, 0.2) is 0 Å². The van der Waals surface area contributed by atoms with Crippen LogP contribution in [0.25, 0.3) is 0 Å². The third kappa shape index (κ3) is 11.9. The Labute approximate surface area is 107 Å². The van der Waals surface area contributed by atoms with Gasteiger partial charge in [0.2, 0.25) is 5.91 Å². The number of carbonyl (C=O) groups is 1. The van der Waals surface area contributed by atoms with E-state index >= 15 is 0 Å². The molecular weight excluding hydrogens is 272 g/mol. The zero-order valence-electron chi connectivity index (χ0n) is 10.3. The second-order valence-corrected chi connectivity index (χ2v) is 4.70. The molecule has 0 atom stereocenters. The molecule has 4 nitrogen and oxygen atoms in total.